The molecule has 47 heavy (non-hydrogen) atoms. The Morgan fingerprint density at radius 2 is 1.74 bits per heavy atom. The number of aryl methyl sites for hydroxylation is 1. The fraction of sp³-hybridized carbons (Fsp3) is 0.279. The predicted octanol–water partition coefficient (Wildman–Crippen LogP) is 10.6. The Kier molecular flexibility index (Phi) is 6.34. The number of thioether (sulfide) groups is 1. The first-order chi connectivity index (χ1) is 23.3. The average molecular weight is 628 g/mol. The van der Waals surface area contributed by atoms with E-state index >= 15 is 0 Å². The summed E-state index contributed by atoms with van der Waals surface area (Å²) in [5.41, 5.74) is 14.4. The summed E-state index contributed by atoms with van der Waals surface area (Å²) in [7, 11) is 0. The molecule has 7 aliphatic rings. The summed E-state index contributed by atoms with van der Waals surface area (Å²) < 4.78 is 2.46. The molecule has 0 radical (unpaired) electrons. The minimum Gasteiger partial charge on any atom is -0.332 e. The van der Waals surface area contributed by atoms with Crippen molar-refractivity contribution < 1.29 is 0 Å². The lowest BCUT2D eigenvalue weighted by Gasteiger charge is -2.34. The van der Waals surface area contributed by atoms with E-state index in [0.717, 1.165) is 56.2 Å². The fourth-order valence-electron chi connectivity index (χ4n) is 9.58. The highest BCUT2D eigenvalue weighted by Crippen LogP contribution is 2.60. The van der Waals surface area contributed by atoms with Gasteiger partial charge in [0.05, 0.1) is 28.5 Å². The maximum atomic E-state index is 10.2. The highest BCUT2D eigenvalue weighted by Gasteiger charge is 2.47. The van der Waals surface area contributed by atoms with Gasteiger partial charge in [-0.1, -0.05) is 85.0 Å². The smallest absolute Gasteiger partial charge is 0.101 e. The molecule has 1 aromatic heterocycles. The number of hydrogen-bond donors (Lipinski definition) is 0. The maximum Gasteiger partial charge on any atom is 0.101 e. The number of nitriles is 1. The summed E-state index contributed by atoms with van der Waals surface area (Å²) in [6, 6.07) is 18.9. The summed E-state index contributed by atoms with van der Waals surface area (Å²) in [6.45, 7) is 0. The van der Waals surface area contributed by atoms with Gasteiger partial charge in [0.25, 0.3) is 0 Å². The lowest BCUT2D eigenvalue weighted by Crippen LogP contribution is -2.32. The Hall–Kier alpha value is -4.46. The third-order valence-electron chi connectivity index (χ3n) is 11.5. The van der Waals surface area contributed by atoms with Gasteiger partial charge in [0.1, 0.15) is 6.07 Å². The monoisotopic (exact) mass is 627 g/mol. The Bertz CT molecular complexity index is 2170. The van der Waals surface area contributed by atoms with Crippen LogP contribution in [-0.4, -0.2) is 15.9 Å². The molecule has 1 saturated heterocycles. The van der Waals surface area contributed by atoms with Gasteiger partial charge in [0, 0.05) is 38.0 Å². The molecule has 230 valence electrons. The summed E-state index contributed by atoms with van der Waals surface area (Å²) in [6.07, 6.45) is 32.0. The molecule has 4 unspecified atom stereocenters. The van der Waals surface area contributed by atoms with Crippen molar-refractivity contribution in [3.05, 3.63) is 136 Å². The fourth-order valence-corrected chi connectivity index (χ4v) is 11.4. The summed E-state index contributed by atoms with van der Waals surface area (Å²) in [4.78, 5) is 4.27. The molecule has 5 aliphatic carbocycles. The topological polar surface area (TPSA) is 32.0 Å². The summed E-state index contributed by atoms with van der Waals surface area (Å²) in [5.74, 6) is 1.18. The number of benzene rings is 2. The van der Waals surface area contributed by atoms with E-state index in [2.05, 4.69) is 131 Å². The minimum atomic E-state index is 0.365. The third kappa shape index (κ3) is 3.99. The Balaban J connectivity index is 1.12. The molecule has 2 aliphatic heterocycles. The molecule has 1 fully saturated rings. The van der Waals surface area contributed by atoms with Gasteiger partial charge in [0.2, 0.25) is 0 Å². The van der Waals surface area contributed by atoms with Crippen molar-refractivity contribution in [2.45, 2.75) is 62.7 Å². The number of fused-ring (bicyclic) bond motifs is 9. The van der Waals surface area contributed by atoms with E-state index in [1.54, 1.807) is 4.91 Å². The van der Waals surface area contributed by atoms with Crippen LogP contribution in [0.3, 0.4) is 0 Å². The molecule has 3 nitrogen and oxygen atoms in total. The maximum absolute atomic E-state index is 10.2. The largest absolute Gasteiger partial charge is 0.332 e. The van der Waals surface area contributed by atoms with Crippen LogP contribution in [-0.2, 0) is 6.42 Å². The van der Waals surface area contributed by atoms with E-state index in [0.29, 0.717) is 23.1 Å². The van der Waals surface area contributed by atoms with Gasteiger partial charge in [-0.05, 0) is 98.1 Å². The Morgan fingerprint density at radius 1 is 0.830 bits per heavy atom. The zero-order valence-electron chi connectivity index (χ0n) is 26.5. The highest BCUT2D eigenvalue weighted by molar-refractivity contribution is 8.04. The molecule has 0 spiro atoms. The van der Waals surface area contributed by atoms with Gasteiger partial charge in [-0.15, -0.1) is 11.8 Å². The first kappa shape index (κ1) is 27.6. The van der Waals surface area contributed by atoms with Crippen molar-refractivity contribution in [3.8, 4) is 6.07 Å². The molecule has 0 saturated carbocycles. The van der Waals surface area contributed by atoms with E-state index in [-0.39, 0.29) is 0 Å². The van der Waals surface area contributed by atoms with Crippen LogP contribution in [0.4, 0.5) is 5.69 Å². The van der Waals surface area contributed by atoms with Gasteiger partial charge in [-0.3, -0.25) is 0 Å². The van der Waals surface area contributed by atoms with Crippen LogP contribution in [0.2, 0.25) is 0 Å². The normalized spacial score (nSPS) is 26.9. The first-order valence-corrected chi connectivity index (χ1v) is 18.4. The number of hydrogen-bond acceptors (Lipinski definition) is 3. The molecule has 0 bridgehead atoms. The van der Waals surface area contributed by atoms with Crippen LogP contribution in [0.1, 0.15) is 67.3 Å². The van der Waals surface area contributed by atoms with Crippen LogP contribution in [0.15, 0.2) is 113 Å². The van der Waals surface area contributed by atoms with Crippen LogP contribution in [0, 0.1) is 23.2 Å². The lowest BCUT2D eigenvalue weighted by molar-refractivity contribution is 0.387. The average Bonchev–Trinajstić information content (AvgIpc) is 3.80. The molecule has 3 aromatic rings. The first-order valence-electron chi connectivity index (χ1n) is 17.5. The van der Waals surface area contributed by atoms with Crippen molar-refractivity contribution in [3.63, 3.8) is 0 Å². The quantitative estimate of drug-likeness (QED) is 0.290. The molecule has 0 N–H and O–H groups in total. The van der Waals surface area contributed by atoms with Crippen LogP contribution in [0.25, 0.3) is 33.8 Å². The highest BCUT2D eigenvalue weighted by atomic mass is 32.2. The van der Waals surface area contributed by atoms with Crippen LogP contribution < -0.4 is 4.90 Å². The van der Waals surface area contributed by atoms with Crippen LogP contribution in [0.5, 0.6) is 0 Å². The Morgan fingerprint density at radius 3 is 2.70 bits per heavy atom. The molecule has 4 atom stereocenters. The van der Waals surface area contributed by atoms with Crippen molar-refractivity contribution >= 4 is 51.3 Å². The molecule has 0 amide bonds. The van der Waals surface area contributed by atoms with Gasteiger partial charge in [0.15, 0.2) is 0 Å². The molecule has 10 rings (SSSR count). The molecular weight excluding hydrogens is 591 g/mol. The van der Waals surface area contributed by atoms with Gasteiger partial charge in [-0.25, -0.2) is 0 Å². The van der Waals surface area contributed by atoms with Crippen molar-refractivity contribution in [1.82, 2.24) is 4.57 Å². The zero-order valence-corrected chi connectivity index (χ0v) is 27.3. The SMILES string of the molecule is N#CC1=CCCC=C1n1c2c(c3cccc(C4=CCCC5C6CC=CC(N7c8ccccc8C8=CC=CCC87)=C6SC45)c31)CCC=C2. The number of aromatic nitrogens is 1. The lowest BCUT2D eigenvalue weighted by atomic mass is 9.75. The van der Waals surface area contributed by atoms with E-state index in [1.807, 2.05) is 0 Å². The molecule has 4 heteroatoms. The second kappa shape index (κ2) is 10.8. The third-order valence-corrected chi connectivity index (χ3v) is 13.2. The van der Waals surface area contributed by atoms with Gasteiger partial charge < -0.3 is 9.47 Å². The van der Waals surface area contributed by atoms with E-state index in [1.165, 1.54) is 62.2 Å². The number of nitrogens with zero attached hydrogens (tertiary/aromatic N) is 3. The molecule has 2 aromatic carbocycles. The zero-order chi connectivity index (χ0) is 31.1. The summed E-state index contributed by atoms with van der Waals surface area (Å²) >= 11 is 2.16. The van der Waals surface area contributed by atoms with Crippen LogP contribution >= 0.6 is 11.8 Å². The van der Waals surface area contributed by atoms with E-state index in [9.17, 15) is 5.26 Å². The number of anilines is 1. The number of allylic oxidation sites excluding steroid dienone is 11. The van der Waals surface area contributed by atoms with Crippen molar-refractivity contribution in [2.24, 2.45) is 11.8 Å². The number of rotatable bonds is 3. The predicted molar refractivity (Wildman–Crippen MR) is 197 cm³/mol. The van der Waals surface area contributed by atoms with Gasteiger partial charge >= 0.3 is 0 Å². The number of para-hydroxylation sites is 2. The standard InChI is InChI=1S/C43H37N3S/c44-26-27-12-1-5-21-36(27)46-39-24-8-4-15-30(39)31-16-9-17-32(41(31)46)33-18-10-19-34-35-20-11-25-40(43(35)47-42(33)34)45-37-22-6-2-13-28(37)29-14-3-7-23-38(29)45/h2-3,6-9,11-14,16-18,21-22,24-25,34-35,38,42H,1,4-5,10,15,19-20,23H2. The van der Waals surface area contributed by atoms with Crippen molar-refractivity contribution in [2.75, 3.05) is 4.90 Å². The van der Waals surface area contributed by atoms with Crippen molar-refractivity contribution in [1.29, 1.82) is 5.26 Å². The minimum absolute atomic E-state index is 0.365. The molecular formula is C43H37N3S. The van der Waals surface area contributed by atoms with E-state index in [4.69, 9.17) is 0 Å². The molecule has 3 heterocycles. The second-order valence-electron chi connectivity index (χ2n) is 13.9. The van der Waals surface area contributed by atoms with E-state index < -0.39 is 0 Å². The summed E-state index contributed by atoms with van der Waals surface area (Å²) in [5, 5.41) is 12.0. The second-order valence-corrected chi connectivity index (χ2v) is 15.0. The Labute approximate surface area is 281 Å². The van der Waals surface area contributed by atoms with Gasteiger partial charge in [-0.2, -0.15) is 5.26 Å².